The Balaban J connectivity index is 3.13. The third-order valence-corrected chi connectivity index (χ3v) is 1.80. The van der Waals surface area contributed by atoms with Gasteiger partial charge in [-0.15, -0.1) is 0 Å². The molecule has 0 radical (unpaired) electrons. The molecule has 0 aromatic heterocycles. The van der Waals surface area contributed by atoms with E-state index in [0.717, 1.165) is 5.69 Å². The Hall–Kier alpha value is -0.690. The van der Waals surface area contributed by atoms with E-state index < -0.39 is 0 Å². The zero-order chi connectivity index (χ0) is 8.43. The number of benzene rings is 1. The lowest BCUT2D eigenvalue weighted by Crippen LogP contribution is -2.18. The molecule has 6 N–H and O–H groups in total. The van der Waals surface area contributed by atoms with Crippen molar-refractivity contribution in [3.8, 4) is 0 Å². The van der Waals surface area contributed by atoms with Gasteiger partial charge < -0.3 is 11.5 Å². The van der Waals surface area contributed by atoms with Crippen molar-refractivity contribution in [2.45, 2.75) is 0 Å². The minimum absolute atomic E-state index is 0.621. The number of nitrogens with two attached hydrogens (primary N) is 3. The second kappa shape index (κ2) is 3.14. The highest BCUT2D eigenvalue weighted by atomic mass is 127. The average Bonchev–Trinajstić information content (AvgIpc) is 1.94. The maximum Gasteiger partial charge on any atom is 0.0880 e. The third-order valence-electron chi connectivity index (χ3n) is 1.28. The first-order valence-electron chi connectivity index (χ1n) is 2.97. The molecule has 0 bridgehead atoms. The molecule has 1 aromatic rings. The Morgan fingerprint density at radius 1 is 1.27 bits per heavy atom. The van der Waals surface area contributed by atoms with E-state index >= 15 is 0 Å². The molecule has 4 nitrogen and oxygen atoms in total. The largest absolute Gasteiger partial charge is 0.399 e. The number of hydrogen-bond acceptors (Lipinski definition) is 4. The molecule has 0 saturated carbocycles. The predicted molar refractivity (Wildman–Crippen MR) is 56.0 cm³/mol. The molecule has 5 heteroatoms. The quantitative estimate of drug-likeness (QED) is 0.231. The number of hydrazine groups is 1. The molecule has 0 amide bonds. The molecule has 0 aliphatic heterocycles. The van der Waals surface area contributed by atoms with E-state index in [4.69, 9.17) is 17.3 Å². The first-order valence-corrected chi connectivity index (χ1v) is 3.93. The van der Waals surface area contributed by atoms with Crippen molar-refractivity contribution in [3.05, 3.63) is 18.2 Å². The summed E-state index contributed by atoms with van der Waals surface area (Å²) < 4.78 is 1.41. The minimum Gasteiger partial charge on any atom is -0.399 e. The molecule has 11 heavy (non-hydrogen) atoms. The van der Waals surface area contributed by atoms with Crippen LogP contribution in [0, 0.1) is 0 Å². The Kier molecular flexibility index (Phi) is 2.40. The molecule has 0 spiro atoms. The Labute approximate surface area is 78.8 Å². The van der Waals surface area contributed by atoms with Gasteiger partial charge in [0.1, 0.15) is 0 Å². The predicted octanol–water partition coefficient (Wildman–Crippen LogP) is 0.881. The topological polar surface area (TPSA) is 81.3 Å². The number of nitrogens with zero attached hydrogens (tertiary/aromatic N) is 1. The van der Waals surface area contributed by atoms with Gasteiger partial charge in [-0.3, -0.25) is 0 Å². The lowest BCUT2D eigenvalue weighted by molar-refractivity contribution is 1.25. The summed E-state index contributed by atoms with van der Waals surface area (Å²) in [4.78, 5) is 0. The van der Waals surface area contributed by atoms with Crippen LogP contribution in [-0.4, -0.2) is 0 Å². The highest BCUT2D eigenvalue weighted by Crippen LogP contribution is 2.25. The molecule has 60 valence electrons. The van der Waals surface area contributed by atoms with Crippen molar-refractivity contribution in [2.75, 3.05) is 14.7 Å². The summed E-state index contributed by atoms with van der Waals surface area (Å²) in [6.07, 6.45) is 0. The van der Waals surface area contributed by atoms with E-state index in [1.54, 1.807) is 18.2 Å². The second-order valence-corrected chi connectivity index (χ2v) is 3.17. The maximum absolute atomic E-state index is 5.61. The Morgan fingerprint density at radius 2 is 1.91 bits per heavy atom. The molecule has 0 aliphatic carbocycles. The molecule has 0 atom stereocenters. The van der Waals surface area contributed by atoms with Crippen LogP contribution in [0.3, 0.4) is 0 Å². The average molecular weight is 264 g/mol. The van der Waals surface area contributed by atoms with Gasteiger partial charge in [-0.1, -0.05) is 0 Å². The summed E-state index contributed by atoms with van der Waals surface area (Å²) in [7, 11) is 0. The van der Waals surface area contributed by atoms with Crippen LogP contribution in [0.25, 0.3) is 0 Å². The van der Waals surface area contributed by atoms with Gasteiger partial charge in [0, 0.05) is 5.69 Å². The van der Waals surface area contributed by atoms with E-state index in [9.17, 15) is 0 Å². The standard InChI is InChI=1S/C6H9IN4/c7-11(10)6-3-4(8)1-2-5(6)9/h1-3H,8-10H2. The van der Waals surface area contributed by atoms with Crippen LogP contribution in [0.15, 0.2) is 18.2 Å². The van der Waals surface area contributed by atoms with Crippen LogP contribution in [0.1, 0.15) is 0 Å². The van der Waals surface area contributed by atoms with Crippen LogP contribution in [0.4, 0.5) is 17.1 Å². The van der Waals surface area contributed by atoms with Crippen LogP contribution in [0.5, 0.6) is 0 Å². The van der Waals surface area contributed by atoms with E-state index in [1.165, 1.54) is 3.22 Å². The van der Waals surface area contributed by atoms with Gasteiger partial charge in [0.25, 0.3) is 0 Å². The summed E-state index contributed by atoms with van der Waals surface area (Å²) in [6, 6.07) is 5.18. The van der Waals surface area contributed by atoms with E-state index in [1.807, 2.05) is 22.9 Å². The van der Waals surface area contributed by atoms with Crippen molar-refractivity contribution in [2.24, 2.45) is 5.84 Å². The van der Waals surface area contributed by atoms with Gasteiger partial charge in [0.15, 0.2) is 0 Å². The van der Waals surface area contributed by atoms with Crippen LogP contribution in [-0.2, 0) is 0 Å². The lowest BCUT2D eigenvalue weighted by atomic mass is 10.2. The fourth-order valence-electron chi connectivity index (χ4n) is 0.746. The van der Waals surface area contributed by atoms with Gasteiger partial charge in [-0.2, -0.15) is 0 Å². The number of halogens is 1. The normalized spacial score (nSPS) is 9.64. The lowest BCUT2D eigenvalue weighted by Gasteiger charge is -2.12. The van der Waals surface area contributed by atoms with E-state index in [2.05, 4.69) is 0 Å². The van der Waals surface area contributed by atoms with Crippen molar-refractivity contribution >= 4 is 39.9 Å². The first kappa shape index (κ1) is 8.41. The molecule has 0 heterocycles. The van der Waals surface area contributed by atoms with Crippen molar-refractivity contribution in [1.82, 2.24) is 0 Å². The molecule has 1 aromatic carbocycles. The minimum atomic E-state index is 0.621. The summed E-state index contributed by atoms with van der Waals surface area (Å²) >= 11 is 1.93. The van der Waals surface area contributed by atoms with Crippen molar-refractivity contribution < 1.29 is 0 Å². The zero-order valence-corrected chi connectivity index (χ0v) is 7.95. The van der Waals surface area contributed by atoms with Crippen molar-refractivity contribution in [3.63, 3.8) is 0 Å². The number of hydrogen-bond donors (Lipinski definition) is 3. The Bertz CT molecular complexity index is 261. The zero-order valence-electron chi connectivity index (χ0n) is 5.79. The number of anilines is 3. The molecule has 1 rings (SSSR count). The first-order chi connectivity index (χ1) is 5.11. The number of rotatable bonds is 1. The SMILES string of the molecule is Nc1ccc(N)c(N(N)I)c1. The Morgan fingerprint density at radius 3 is 2.36 bits per heavy atom. The highest BCUT2D eigenvalue weighted by molar-refractivity contribution is 14.1. The maximum atomic E-state index is 5.61. The smallest absolute Gasteiger partial charge is 0.0880 e. The van der Waals surface area contributed by atoms with Crippen LogP contribution >= 0.6 is 22.9 Å². The molecule has 0 aliphatic rings. The van der Waals surface area contributed by atoms with Crippen molar-refractivity contribution in [1.29, 1.82) is 0 Å². The molecule has 0 saturated heterocycles. The fraction of sp³-hybridized carbons (Fsp3) is 0. The van der Waals surface area contributed by atoms with E-state index in [0.29, 0.717) is 11.4 Å². The summed E-state index contributed by atoms with van der Waals surface area (Å²) in [5.41, 5.74) is 13.1. The molecular weight excluding hydrogens is 255 g/mol. The summed E-state index contributed by atoms with van der Waals surface area (Å²) in [5.74, 6) is 5.47. The van der Waals surface area contributed by atoms with Crippen LogP contribution in [0.2, 0.25) is 0 Å². The highest BCUT2D eigenvalue weighted by Gasteiger charge is 2.01. The summed E-state index contributed by atoms with van der Waals surface area (Å²) in [6.45, 7) is 0. The van der Waals surface area contributed by atoms with Gasteiger partial charge in [0.2, 0.25) is 0 Å². The summed E-state index contributed by atoms with van der Waals surface area (Å²) in [5, 5.41) is 0. The second-order valence-electron chi connectivity index (χ2n) is 2.13. The van der Waals surface area contributed by atoms with Crippen LogP contribution < -0.4 is 20.5 Å². The van der Waals surface area contributed by atoms with Gasteiger partial charge in [0.05, 0.1) is 34.2 Å². The van der Waals surface area contributed by atoms with Gasteiger partial charge in [-0.05, 0) is 18.2 Å². The monoisotopic (exact) mass is 264 g/mol. The fourth-order valence-corrected chi connectivity index (χ4v) is 1.16. The van der Waals surface area contributed by atoms with E-state index in [-0.39, 0.29) is 0 Å². The van der Waals surface area contributed by atoms with Gasteiger partial charge >= 0.3 is 0 Å². The molecular formula is C6H9IN4. The van der Waals surface area contributed by atoms with Gasteiger partial charge in [-0.25, -0.2) is 9.06 Å². The number of nitrogen functional groups attached to an aromatic ring is 2. The molecule has 0 unspecified atom stereocenters. The molecule has 0 fully saturated rings. The third kappa shape index (κ3) is 1.87.